The number of halogens is 3. The summed E-state index contributed by atoms with van der Waals surface area (Å²) < 4.78 is -1.62. The van der Waals surface area contributed by atoms with Crippen molar-refractivity contribution in [2.45, 2.75) is 3.79 Å². The second-order valence-electron chi connectivity index (χ2n) is 0.623. The Morgan fingerprint density at radius 3 is 1.50 bits per heavy atom. The molecular formula is C2HCl3N+. The quantitative estimate of drug-likeness (QED) is 0.306. The number of alkyl halides is 3. The molecule has 0 aromatic rings. The van der Waals surface area contributed by atoms with Crippen molar-refractivity contribution >= 4 is 41.0 Å². The van der Waals surface area contributed by atoms with Crippen molar-refractivity contribution in [1.29, 1.82) is 5.41 Å². The molecule has 6 heavy (non-hydrogen) atoms. The monoisotopic (exact) mass is 144 g/mol. The van der Waals surface area contributed by atoms with Gasteiger partial charge in [0.25, 0.3) is 0 Å². The van der Waals surface area contributed by atoms with Gasteiger partial charge in [-0.2, -0.15) is 0 Å². The molecule has 0 spiro atoms. The Morgan fingerprint density at radius 2 is 1.50 bits per heavy atom. The lowest BCUT2D eigenvalue weighted by molar-refractivity contribution is 1.48. The Kier molecular flexibility index (Phi) is 2.09. The van der Waals surface area contributed by atoms with Crippen molar-refractivity contribution in [3.8, 4) is 0 Å². The molecule has 0 aliphatic carbocycles. The fourth-order valence-electron chi connectivity index (χ4n) is 0. The summed E-state index contributed by atoms with van der Waals surface area (Å²) in [4.78, 5) is 0. The minimum Gasteiger partial charge on any atom is -0.0513 e. The van der Waals surface area contributed by atoms with Crippen LogP contribution < -0.4 is 0 Å². The topological polar surface area (TPSA) is 23.9 Å². The lowest BCUT2D eigenvalue weighted by Gasteiger charge is -1.78. The Labute approximate surface area is 50.7 Å². The smallest absolute Gasteiger partial charge is 0.0513 e. The van der Waals surface area contributed by atoms with Crippen LogP contribution in [0, 0.1) is 5.41 Å². The van der Waals surface area contributed by atoms with Crippen molar-refractivity contribution in [2.24, 2.45) is 0 Å². The van der Waals surface area contributed by atoms with Crippen molar-refractivity contribution < 1.29 is 0 Å². The van der Waals surface area contributed by atoms with Gasteiger partial charge in [0.1, 0.15) is 0 Å². The SMILES string of the molecule is N=[C+]C(Cl)(Cl)Cl. The largest absolute Gasteiger partial charge is 0.435 e. The summed E-state index contributed by atoms with van der Waals surface area (Å²) in [6, 6.07) is 0. The van der Waals surface area contributed by atoms with E-state index in [0.717, 1.165) is 0 Å². The van der Waals surface area contributed by atoms with Crippen LogP contribution in [0.4, 0.5) is 0 Å². The molecular weight excluding hydrogens is 144 g/mol. The van der Waals surface area contributed by atoms with Gasteiger partial charge in [-0.3, -0.25) is 0 Å². The average molecular weight is 145 g/mol. The van der Waals surface area contributed by atoms with Gasteiger partial charge in [0, 0.05) is 0 Å². The fourth-order valence-corrected chi connectivity index (χ4v) is 0. The molecule has 0 atom stereocenters. The summed E-state index contributed by atoms with van der Waals surface area (Å²) in [6.07, 6.45) is 1.65. The third-order valence-corrected chi connectivity index (χ3v) is 0.425. The molecule has 34 valence electrons. The summed E-state index contributed by atoms with van der Waals surface area (Å²) in [7, 11) is 0. The molecule has 0 aliphatic rings. The van der Waals surface area contributed by atoms with Gasteiger partial charge >= 0.3 is 10.0 Å². The highest BCUT2D eigenvalue weighted by atomic mass is 35.6. The third-order valence-electron chi connectivity index (χ3n) is 0.142. The molecule has 0 aromatic carbocycles. The highest BCUT2D eigenvalue weighted by molar-refractivity contribution is 6.74. The van der Waals surface area contributed by atoms with E-state index in [1.165, 1.54) is 0 Å². The van der Waals surface area contributed by atoms with E-state index in [1.54, 1.807) is 6.21 Å². The van der Waals surface area contributed by atoms with Gasteiger partial charge in [0.2, 0.25) is 0 Å². The molecule has 0 aliphatic heterocycles. The normalized spacial score (nSPS) is 10.5. The van der Waals surface area contributed by atoms with E-state index in [0.29, 0.717) is 0 Å². The Balaban J connectivity index is 3.45. The molecule has 4 heteroatoms. The van der Waals surface area contributed by atoms with Crippen LogP contribution in [0.2, 0.25) is 0 Å². The second-order valence-corrected chi connectivity index (χ2v) is 2.90. The molecule has 1 N–H and O–H groups in total. The van der Waals surface area contributed by atoms with Gasteiger partial charge in [-0.1, -0.05) is 5.41 Å². The zero-order valence-corrected chi connectivity index (χ0v) is 4.90. The van der Waals surface area contributed by atoms with Crippen LogP contribution in [0.3, 0.4) is 0 Å². The molecule has 0 rings (SSSR count). The maximum Gasteiger partial charge on any atom is 0.435 e. The van der Waals surface area contributed by atoms with Gasteiger partial charge in [-0.05, 0) is 34.8 Å². The molecule has 0 amide bonds. The van der Waals surface area contributed by atoms with Gasteiger partial charge in [0.05, 0.1) is 0 Å². The van der Waals surface area contributed by atoms with Gasteiger partial charge in [0.15, 0.2) is 0 Å². The number of rotatable bonds is 0. The van der Waals surface area contributed by atoms with E-state index >= 15 is 0 Å². The minimum absolute atomic E-state index is 1.62. The molecule has 0 saturated carbocycles. The zero-order valence-electron chi connectivity index (χ0n) is 2.63. The van der Waals surface area contributed by atoms with Crippen LogP contribution in [0.1, 0.15) is 0 Å². The zero-order chi connectivity index (χ0) is 5.21. The van der Waals surface area contributed by atoms with Crippen molar-refractivity contribution in [3.63, 3.8) is 0 Å². The average Bonchev–Trinajstić information content (AvgIpc) is 1.35. The van der Waals surface area contributed by atoms with Crippen LogP contribution in [0.15, 0.2) is 0 Å². The first-order valence-electron chi connectivity index (χ1n) is 1.07. The summed E-state index contributed by atoms with van der Waals surface area (Å²) >= 11 is 14.8. The van der Waals surface area contributed by atoms with Gasteiger partial charge < -0.3 is 0 Å². The molecule has 0 bridgehead atoms. The van der Waals surface area contributed by atoms with Crippen LogP contribution in [0.5, 0.6) is 0 Å². The molecule has 1 nitrogen and oxygen atoms in total. The van der Waals surface area contributed by atoms with E-state index in [1.807, 2.05) is 0 Å². The van der Waals surface area contributed by atoms with Crippen molar-refractivity contribution in [1.82, 2.24) is 0 Å². The summed E-state index contributed by atoms with van der Waals surface area (Å²) in [5, 5.41) is 6.21. The van der Waals surface area contributed by atoms with Crippen LogP contribution in [-0.2, 0) is 0 Å². The maximum atomic E-state index is 6.21. The van der Waals surface area contributed by atoms with Gasteiger partial charge in [-0.15, -0.1) is 0 Å². The Morgan fingerprint density at radius 1 is 1.33 bits per heavy atom. The first-order chi connectivity index (χ1) is 2.56. The van der Waals surface area contributed by atoms with Crippen molar-refractivity contribution in [3.05, 3.63) is 0 Å². The Bertz CT molecular complexity index is 54.3. The van der Waals surface area contributed by atoms with Crippen molar-refractivity contribution in [2.75, 3.05) is 0 Å². The fraction of sp³-hybridized carbons (Fsp3) is 0.500. The van der Waals surface area contributed by atoms with E-state index in [4.69, 9.17) is 40.2 Å². The number of nitrogens with one attached hydrogen (secondary N) is 1. The van der Waals surface area contributed by atoms with Crippen LogP contribution in [-0.4, -0.2) is 10.0 Å². The standard InChI is InChI=1S/C2HCl3N/c3-2(4,5)1-6/h6H/q+1. The van der Waals surface area contributed by atoms with Crippen LogP contribution in [0.25, 0.3) is 0 Å². The van der Waals surface area contributed by atoms with E-state index < -0.39 is 3.79 Å². The van der Waals surface area contributed by atoms with Gasteiger partial charge in [-0.25, -0.2) is 0 Å². The van der Waals surface area contributed by atoms with E-state index in [2.05, 4.69) is 0 Å². The molecule has 0 aromatic heterocycles. The predicted octanol–water partition coefficient (Wildman–Crippen LogP) is 1.88. The lowest BCUT2D eigenvalue weighted by Crippen LogP contribution is -2.00. The van der Waals surface area contributed by atoms with E-state index in [9.17, 15) is 0 Å². The summed E-state index contributed by atoms with van der Waals surface area (Å²) in [5.74, 6) is 0. The maximum absolute atomic E-state index is 6.21. The molecule has 0 radical (unpaired) electrons. The highest BCUT2D eigenvalue weighted by Crippen LogP contribution is 2.21. The molecule has 0 saturated heterocycles. The summed E-state index contributed by atoms with van der Waals surface area (Å²) in [5.41, 5.74) is 0. The first kappa shape index (κ1) is 6.45. The van der Waals surface area contributed by atoms with E-state index in [-0.39, 0.29) is 0 Å². The molecule has 0 fully saturated rings. The second kappa shape index (κ2) is 1.94. The lowest BCUT2D eigenvalue weighted by atomic mass is 10.9. The third kappa shape index (κ3) is 4.45. The minimum atomic E-state index is -1.62. The molecule has 0 heterocycles. The number of hydrogen-bond acceptors (Lipinski definition) is 1. The molecule has 0 unspecified atom stereocenters. The van der Waals surface area contributed by atoms with Crippen LogP contribution >= 0.6 is 34.8 Å². The summed E-state index contributed by atoms with van der Waals surface area (Å²) in [6.45, 7) is 0. The number of hydrogen-bond donors (Lipinski definition) is 1. The predicted molar refractivity (Wildman–Crippen MR) is 28.0 cm³/mol. The Hall–Kier alpha value is 0.450. The first-order valence-corrected chi connectivity index (χ1v) is 2.20. The highest BCUT2D eigenvalue weighted by Gasteiger charge is 2.32.